The van der Waals surface area contributed by atoms with E-state index in [1.165, 1.54) is 0 Å². The van der Waals surface area contributed by atoms with Crippen LogP contribution in [0.3, 0.4) is 0 Å². The molecule has 0 radical (unpaired) electrons. The van der Waals surface area contributed by atoms with Crippen LogP contribution in [0.15, 0.2) is 53.0 Å². The third-order valence-corrected chi connectivity index (χ3v) is 3.42. The molecule has 116 valence electrons. The van der Waals surface area contributed by atoms with Crippen molar-refractivity contribution in [1.82, 2.24) is 10.6 Å². The van der Waals surface area contributed by atoms with Gasteiger partial charge in [-0.15, -0.1) is 0 Å². The molecule has 2 amide bonds. The number of urea groups is 1. The van der Waals surface area contributed by atoms with Crippen molar-refractivity contribution in [1.29, 1.82) is 0 Å². The Morgan fingerprint density at radius 2 is 1.73 bits per heavy atom. The Hall–Kier alpha value is -2.21. The molecular formula is C16H17BrN2O3. The van der Waals surface area contributed by atoms with Crippen LogP contribution in [0.4, 0.5) is 4.79 Å². The van der Waals surface area contributed by atoms with Crippen LogP contribution in [-0.4, -0.2) is 19.9 Å². The molecule has 2 aromatic rings. The number of methoxy groups -OCH3 is 1. The molecule has 5 nitrogen and oxygen atoms in total. The molecule has 0 saturated carbocycles. The Morgan fingerprint density at radius 3 is 2.41 bits per heavy atom. The van der Waals surface area contributed by atoms with E-state index in [0.717, 1.165) is 10.0 Å². The average Bonchev–Trinajstić information content (AvgIpc) is 2.55. The van der Waals surface area contributed by atoms with Gasteiger partial charge in [-0.25, -0.2) is 4.79 Å². The van der Waals surface area contributed by atoms with Crippen molar-refractivity contribution in [2.24, 2.45) is 0 Å². The molecule has 0 atom stereocenters. The highest BCUT2D eigenvalue weighted by Crippen LogP contribution is 2.25. The Morgan fingerprint density at radius 1 is 1.05 bits per heavy atom. The van der Waals surface area contributed by atoms with Gasteiger partial charge in [0.1, 0.15) is 0 Å². The number of carbonyl (C=O) groups is 1. The normalized spacial score (nSPS) is 9.91. The summed E-state index contributed by atoms with van der Waals surface area (Å²) in [6.45, 7) is 0.514. The lowest BCUT2D eigenvalue weighted by Gasteiger charge is -2.11. The van der Waals surface area contributed by atoms with E-state index >= 15 is 0 Å². The van der Waals surface area contributed by atoms with Crippen LogP contribution in [0.1, 0.15) is 5.56 Å². The highest BCUT2D eigenvalue weighted by Gasteiger charge is 2.04. The zero-order chi connectivity index (χ0) is 15.8. The first-order valence-corrected chi connectivity index (χ1v) is 7.50. The number of ether oxygens (including phenoxy) is 2. The van der Waals surface area contributed by atoms with Crippen LogP contribution in [-0.2, 0) is 6.54 Å². The molecule has 0 unspecified atom stereocenters. The number of hydrogen-bond acceptors (Lipinski definition) is 3. The molecule has 0 aliphatic heterocycles. The van der Waals surface area contributed by atoms with E-state index in [9.17, 15) is 4.79 Å². The van der Waals surface area contributed by atoms with Crippen LogP contribution in [0, 0.1) is 0 Å². The Labute approximate surface area is 137 Å². The molecule has 0 aliphatic rings. The fraction of sp³-hybridized carbons (Fsp3) is 0.188. The van der Waals surface area contributed by atoms with E-state index in [4.69, 9.17) is 9.47 Å². The summed E-state index contributed by atoms with van der Waals surface area (Å²) in [5, 5.41) is 5.38. The second-order valence-electron chi connectivity index (χ2n) is 4.43. The maximum atomic E-state index is 11.7. The zero-order valence-electron chi connectivity index (χ0n) is 12.1. The molecule has 2 rings (SSSR count). The average molecular weight is 365 g/mol. The van der Waals surface area contributed by atoms with Gasteiger partial charge in [0.15, 0.2) is 18.2 Å². The summed E-state index contributed by atoms with van der Waals surface area (Å²) < 4.78 is 11.6. The van der Waals surface area contributed by atoms with Gasteiger partial charge in [-0.05, 0) is 29.8 Å². The van der Waals surface area contributed by atoms with E-state index in [0.29, 0.717) is 18.0 Å². The largest absolute Gasteiger partial charge is 0.493 e. The first-order chi connectivity index (χ1) is 10.7. The molecule has 0 bridgehead atoms. The first kappa shape index (κ1) is 16.2. The lowest BCUT2D eigenvalue weighted by Crippen LogP contribution is -2.37. The molecular weight excluding hydrogens is 348 g/mol. The maximum Gasteiger partial charge on any atom is 0.317 e. The summed E-state index contributed by atoms with van der Waals surface area (Å²) in [5.41, 5.74) is 1.02. The van der Waals surface area contributed by atoms with Crippen LogP contribution < -0.4 is 20.1 Å². The van der Waals surface area contributed by atoms with Gasteiger partial charge in [-0.1, -0.05) is 40.2 Å². The van der Waals surface area contributed by atoms with Gasteiger partial charge in [-0.2, -0.15) is 0 Å². The van der Waals surface area contributed by atoms with E-state index in [-0.39, 0.29) is 12.8 Å². The van der Waals surface area contributed by atoms with E-state index in [1.54, 1.807) is 19.2 Å². The topological polar surface area (TPSA) is 59.6 Å². The maximum absolute atomic E-state index is 11.7. The third-order valence-electron chi connectivity index (χ3n) is 2.90. The predicted molar refractivity (Wildman–Crippen MR) is 88.0 cm³/mol. The molecule has 0 aromatic heterocycles. The van der Waals surface area contributed by atoms with Crippen molar-refractivity contribution in [3.8, 4) is 11.5 Å². The van der Waals surface area contributed by atoms with E-state index < -0.39 is 0 Å². The summed E-state index contributed by atoms with van der Waals surface area (Å²) in [7, 11) is 1.57. The second-order valence-corrected chi connectivity index (χ2v) is 5.34. The molecule has 22 heavy (non-hydrogen) atoms. The van der Waals surface area contributed by atoms with Gasteiger partial charge in [0.05, 0.1) is 7.11 Å². The molecule has 6 heteroatoms. The zero-order valence-corrected chi connectivity index (χ0v) is 13.7. The lowest BCUT2D eigenvalue weighted by atomic mass is 10.2. The lowest BCUT2D eigenvalue weighted by molar-refractivity contribution is 0.221. The van der Waals surface area contributed by atoms with Crippen molar-refractivity contribution in [3.63, 3.8) is 0 Å². The van der Waals surface area contributed by atoms with E-state index in [2.05, 4.69) is 26.6 Å². The van der Waals surface area contributed by atoms with Crippen molar-refractivity contribution >= 4 is 22.0 Å². The fourth-order valence-corrected chi connectivity index (χ4v) is 2.03. The minimum absolute atomic E-state index is 0.0620. The monoisotopic (exact) mass is 364 g/mol. The number of benzene rings is 2. The number of hydrogen-bond donors (Lipinski definition) is 2. The van der Waals surface area contributed by atoms with Crippen molar-refractivity contribution in [2.45, 2.75) is 6.54 Å². The van der Waals surface area contributed by atoms with E-state index in [1.807, 2.05) is 36.4 Å². The SMILES string of the molecule is COc1ccccc1OCNC(=O)NCc1ccc(Br)cc1. The number of halogens is 1. The number of rotatable bonds is 6. The molecule has 0 aliphatic carbocycles. The predicted octanol–water partition coefficient (Wildman–Crippen LogP) is 3.29. The van der Waals surface area contributed by atoms with Crippen LogP contribution in [0.25, 0.3) is 0 Å². The molecule has 0 saturated heterocycles. The summed E-state index contributed by atoms with van der Waals surface area (Å²) in [5.74, 6) is 1.21. The van der Waals surface area contributed by atoms with Gasteiger partial charge in [0.25, 0.3) is 0 Å². The summed E-state index contributed by atoms with van der Waals surface area (Å²) in [6, 6.07) is 14.7. The van der Waals surface area contributed by atoms with Gasteiger partial charge < -0.3 is 20.1 Å². The summed E-state index contributed by atoms with van der Waals surface area (Å²) in [6.07, 6.45) is 0. The molecule has 0 spiro atoms. The second kappa shape index (κ2) is 8.29. The number of nitrogens with one attached hydrogen (secondary N) is 2. The van der Waals surface area contributed by atoms with Crippen molar-refractivity contribution in [3.05, 3.63) is 58.6 Å². The smallest absolute Gasteiger partial charge is 0.317 e. The van der Waals surface area contributed by atoms with Gasteiger partial charge >= 0.3 is 6.03 Å². The quantitative estimate of drug-likeness (QED) is 0.773. The molecule has 0 heterocycles. The number of amides is 2. The van der Waals surface area contributed by atoms with Gasteiger partial charge in [-0.3, -0.25) is 0 Å². The van der Waals surface area contributed by atoms with Crippen LogP contribution in [0.2, 0.25) is 0 Å². The number of para-hydroxylation sites is 2. The minimum Gasteiger partial charge on any atom is -0.493 e. The van der Waals surface area contributed by atoms with Crippen molar-refractivity contribution < 1.29 is 14.3 Å². The third kappa shape index (κ3) is 4.96. The number of carbonyl (C=O) groups excluding carboxylic acids is 1. The Kier molecular flexibility index (Phi) is 6.09. The summed E-state index contributed by atoms with van der Waals surface area (Å²) in [4.78, 5) is 11.7. The highest BCUT2D eigenvalue weighted by molar-refractivity contribution is 9.10. The van der Waals surface area contributed by atoms with Crippen LogP contribution in [0.5, 0.6) is 11.5 Å². The molecule has 2 N–H and O–H groups in total. The Bertz CT molecular complexity index is 617. The minimum atomic E-state index is -0.294. The van der Waals surface area contributed by atoms with Gasteiger partial charge in [0, 0.05) is 11.0 Å². The standard InChI is InChI=1S/C16H17BrN2O3/c1-21-14-4-2-3-5-15(14)22-11-19-16(20)18-10-12-6-8-13(17)9-7-12/h2-9H,10-11H2,1H3,(H2,18,19,20). The Balaban J connectivity index is 1.72. The molecule has 0 fully saturated rings. The first-order valence-electron chi connectivity index (χ1n) is 6.71. The molecule has 2 aromatic carbocycles. The van der Waals surface area contributed by atoms with Gasteiger partial charge in [0.2, 0.25) is 0 Å². The van der Waals surface area contributed by atoms with Crippen LogP contribution >= 0.6 is 15.9 Å². The fourth-order valence-electron chi connectivity index (χ4n) is 1.76. The summed E-state index contributed by atoms with van der Waals surface area (Å²) >= 11 is 3.37. The van der Waals surface area contributed by atoms with Crippen molar-refractivity contribution in [2.75, 3.05) is 13.8 Å². The highest BCUT2D eigenvalue weighted by atomic mass is 79.9.